The highest BCUT2D eigenvalue weighted by atomic mass is 32.2. The van der Waals surface area contributed by atoms with Gasteiger partial charge in [0.15, 0.2) is 9.84 Å². The molecule has 134 valence electrons. The molecule has 0 bridgehead atoms. The molecule has 0 aliphatic carbocycles. The summed E-state index contributed by atoms with van der Waals surface area (Å²) in [6, 6.07) is 17.3. The molecule has 0 spiro atoms. The van der Waals surface area contributed by atoms with Gasteiger partial charge in [0.1, 0.15) is 5.82 Å². The molecule has 0 saturated carbocycles. The molecule has 1 aliphatic heterocycles. The van der Waals surface area contributed by atoms with Crippen LogP contribution in [0.4, 0.5) is 5.82 Å². The molecule has 1 aromatic heterocycles. The fourth-order valence-corrected chi connectivity index (χ4v) is 5.49. The first kappa shape index (κ1) is 17.0. The SMILES string of the molecule is Cc1cccnc1N1CCC(S(=O)(=O)c2ccc3ccccc3c2)CC1. The van der Waals surface area contributed by atoms with E-state index in [1.807, 2.05) is 49.4 Å². The number of pyridine rings is 1. The summed E-state index contributed by atoms with van der Waals surface area (Å²) in [6.07, 6.45) is 3.05. The van der Waals surface area contributed by atoms with Gasteiger partial charge in [0, 0.05) is 19.3 Å². The zero-order valence-corrected chi connectivity index (χ0v) is 15.6. The normalized spacial score (nSPS) is 16.1. The Labute approximate surface area is 154 Å². The van der Waals surface area contributed by atoms with Crippen molar-refractivity contribution in [2.75, 3.05) is 18.0 Å². The lowest BCUT2D eigenvalue weighted by Crippen LogP contribution is -2.40. The number of anilines is 1. The van der Waals surface area contributed by atoms with Gasteiger partial charge in [-0.05, 0) is 54.3 Å². The van der Waals surface area contributed by atoms with Gasteiger partial charge in [-0.25, -0.2) is 13.4 Å². The molecule has 1 aliphatic rings. The van der Waals surface area contributed by atoms with Gasteiger partial charge in [0.25, 0.3) is 0 Å². The molecule has 3 aromatic rings. The van der Waals surface area contributed by atoms with Gasteiger partial charge >= 0.3 is 0 Å². The summed E-state index contributed by atoms with van der Waals surface area (Å²) in [4.78, 5) is 7.09. The first-order valence-corrected chi connectivity index (χ1v) is 10.5. The van der Waals surface area contributed by atoms with E-state index in [-0.39, 0.29) is 5.25 Å². The summed E-state index contributed by atoms with van der Waals surface area (Å²) in [5.41, 5.74) is 1.13. The van der Waals surface area contributed by atoms with Crippen molar-refractivity contribution in [2.45, 2.75) is 29.9 Å². The van der Waals surface area contributed by atoms with E-state index >= 15 is 0 Å². The Bertz CT molecular complexity index is 1040. The molecule has 0 N–H and O–H groups in total. The second-order valence-electron chi connectivity index (χ2n) is 6.88. The molecule has 0 unspecified atom stereocenters. The van der Waals surface area contributed by atoms with Crippen molar-refractivity contribution in [3.8, 4) is 0 Å². The molecule has 4 nitrogen and oxygen atoms in total. The van der Waals surface area contributed by atoms with Crippen LogP contribution in [0.15, 0.2) is 65.7 Å². The Hall–Kier alpha value is -2.40. The van der Waals surface area contributed by atoms with Crippen molar-refractivity contribution >= 4 is 26.4 Å². The molecule has 2 aromatic carbocycles. The maximum atomic E-state index is 13.1. The van der Waals surface area contributed by atoms with Crippen LogP contribution in [0, 0.1) is 6.92 Å². The third kappa shape index (κ3) is 3.07. The van der Waals surface area contributed by atoms with Crippen LogP contribution in [0.3, 0.4) is 0 Å². The number of rotatable bonds is 3. The average molecular weight is 366 g/mol. The van der Waals surface area contributed by atoms with Crippen molar-refractivity contribution in [2.24, 2.45) is 0 Å². The van der Waals surface area contributed by atoms with Crippen LogP contribution < -0.4 is 4.90 Å². The molecule has 1 fully saturated rings. The van der Waals surface area contributed by atoms with E-state index in [1.165, 1.54) is 0 Å². The maximum Gasteiger partial charge on any atom is 0.181 e. The largest absolute Gasteiger partial charge is 0.356 e. The second-order valence-corrected chi connectivity index (χ2v) is 9.11. The number of hydrogen-bond donors (Lipinski definition) is 0. The second kappa shape index (κ2) is 6.72. The highest BCUT2D eigenvalue weighted by molar-refractivity contribution is 7.92. The number of hydrogen-bond acceptors (Lipinski definition) is 4. The van der Waals surface area contributed by atoms with Crippen LogP contribution in [0.2, 0.25) is 0 Å². The summed E-state index contributed by atoms with van der Waals surface area (Å²) in [7, 11) is -3.32. The monoisotopic (exact) mass is 366 g/mol. The minimum atomic E-state index is -3.32. The number of piperidine rings is 1. The lowest BCUT2D eigenvalue weighted by Gasteiger charge is -2.33. The van der Waals surface area contributed by atoms with Gasteiger partial charge in [0.05, 0.1) is 10.1 Å². The fraction of sp³-hybridized carbons (Fsp3) is 0.286. The van der Waals surface area contributed by atoms with Crippen molar-refractivity contribution in [3.63, 3.8) is 0 Å². The molecule has 2 heterocycles. The van der Waals surface area contributed by atoms with Crippen LogP contribution in [-0.4, -0.2) is 31.7 Å². The molecular weight excluding hydrogens is 344 g/mol. The summed E-state index contributed by atoms with van der Waals surface area (Å²) >= 11 is 0. The molecule has 4 rings (SSSR count). The lowest BCUT2D eigenvalue weighted by atomic mass is 10.1. The minimum absolute atomic E-state index is 0.330. The maximum absolute atomic E-state index is 13.1. The Morgan fingerprint density at radius 3 is 2.42 bits per heavy atom. The van der Waals surface area contributed by atoms with Crippen molar-refractivity contribution < 1.29 is 8.42 Å². The lowest BCUT2D eigenvalue weighted by molar-refractivity contribution is 0.527. The standard InChI is InChI=1S/C21H22N2O2S/c1-16-5-4-12-22-21(16)23-13-10-19(11-14-23)26(24,25)20-9-8-17-6-2-3-7-18(17)15-20/h2-9,12,15,19H,10-11,13-14H2,1H3. The summed E-state index contributed by atoms with van der Waals surface area (Å²) < 4.78 is 26.2. The zero-order valence-electron chi connectivity index (χ0n) is 14.8. The Morgan fingerprint density at radius 1 is 0.962 bits per heavy atom. The Kier molecular flexibility index (Phi) is 4.41. The van der Waals surface area contributed by atoms with Crippen molar-refractivity contribution in [3.05, 3.63) is 66.4 Å². The number of benzene rings is 2. The Balaban J connectivity index is 1.55. The van der Waals surface area contributed by atoms with Gasteiger partial charge in [-0.15, -0.1) is 0 Å². The van der Waals surface area contributed by atoms with Crippen molar-refractivity contribution in [1.82, 2.24) is 4.98 Å². The number of fused-ring (bicyclic) bond motifs is 1. The van der Waals surface area contributed by atoms with E-state index in [0.717, 1.165) is 35.2 Å². The smallest absolute Gasteiger partial charge is 0.181 e. The summed E-state index contributed by atoms with van der Waals surface area (Å²) in [5, 5.41) is 1.70. The first-order chi connectivity index (χ1) is 12.6. The van der Waals surface area contributed by atoms with E-state index in [9.17, 15) is 8.42 Å². The van der Waals surface area contributed by atoms with E-state index in [2.05, 4.69) is 9.88 Å². The third-order valence-corrected chi connectivity index (χ3v) is 7.47. The van der Waals surface area contributed by atoms with E-state index in [4.69, 9.17) is 0 Å². The predicted octanol–water partition coefficient (Wildman–Crippen LogP) is 3.99. The van der Waals surface area contributed by atoms with Crippen LogP contribution in [0.5, 0.6) is 0 Å². The van der Waals surface area contributed by atoms with Gasteiger partial charge in [0.2, 0.25) is 0 Å². The van der Waals surface area contributed by atoms with E-state index in [1.54, 1.807) is 18.3 Å². The molecule has 0 amide bonds. The molecule has 0 atom stereocenters. The molecule has 5 heteroatoms. The average Bonchev–Trinajstić information content (AvgIpc) is 2.68. The fourth-order valence-electron chi connectivity index (χ4n) is 3.72. The quantitative estimate of drug-likeness (QED) is 0.703. The van der Waals surface area contributed by atoms with Gasteiger partial charge in [-0.3, -0.25) is 0 Å². The van der Waals surface area contributed by atoms with Crippen LogP contribution in [0.25, 0.3) is 10.8 Å². The molecular formula is C21H22N2O2S. The Morgan fingerprint density at radius 2 is 1.69 bits per heavy atom. The van der Waals surface area contributed by atoms with Gasteiger partial charge in [-0.1, -0.05) is 36.4 Å². The number of nitrogens with zero attached hydrogens (tertiary/aromatic N) is 2. The topological polar surface area (TPSA) is 50.3 Å². The number of aryl methyl sites for hydroxylation is 1. The minimum Gasteiger partial charge on any atom is -0.356 e. The highest BCUT2D eigenvalue weighted by Gasteiger charge is 2.32. The van der Waals surface area contributed by atoms with E-state index < -0.39 is 9.84 Å². The first-order valence-electron chi connectivity index (χ1n) is 8.95. The van der Waals surface area contributed by atoms with Gasteiger partial charge < -0.3 is 4.90 Å². The van der Waals surface area contributed by atoms with Gasteiger partial charge in [-0.2, -0.15) is 0 Å². The van der Waals surface area contributed by atoms with Crippen LogP contribution in [-0.2, 0) is 9.84 Å². The van der Waals surface area contributed by atoms with E-state index in [0.29, 0.717) is 17.7 Å². The predicted molar refractivity (Wildman–Crippen MR) is 105 cm³/mol. The summed E-state index contributed by atoms with van der Waals surface area (Å²) in [5.74, 6) is 0.967. The number of sulfone groups is 1. The third-order valence-electron chi connectivity index (χ3n) is 5.21. The van der Waals surface area contributed by atoms with Crippen LogP contribution in [0.1, 0.15) is 18.4 Å². The molecule has 26 heavy (non-hydrogen) atoms. The molecule has 1 saturated heterocycles. The zero-order chi connectivity index (χ0) is 18.1. The highest BCUT2D eigenvalue weighted by Crippen LogP contribution is 2.29. The number of aromatic nitrogens is 1. The van der Waals surface area contributed by atoms with Crippen LogP contribution >= 0.6 is 0 Å². The van der Waals surface area contributed by atoms with Crippen molar-refractivity contribution in [1.29, 1.82) is 0 Å². The molecule has 0 radical (unpaired) electrons. The summed E-state index contributed by atoms with van der Waals surface area (Å²) in [6.45, 7) is 3.48.